The lowest BCUT2D eigenvalue weighted by Crippen LogP contribution is -2.45. The van der Waals surface area contributed by atoms with E-state index in [1.165, 1.54) is 0 Å². The van der Waals surface area contributed by atoms with Gasteiger partial charge in [0, 0.05) is 29.8 Å². The Morgan fingerprint density at radius 3 is 1.48 bits per heavy atom. The molecule has 5 nitrogen and oxygen atoms in total. The highest BCUT2D eigenvalue weighted by Crippen LogP contribution is 2.12. The third kappa shape index (κ3) is 8.30. The summed E-state index contributed by atoms with van der Waals surface area (Å²) < 4.78 is 10.2. The van der Waals surface area contributed by atoms with Gasteiger partial charge in [-0.3, -0.25) is 4.90 Å². The fourth-order valence-corrected chi connectivity index (χ4v) is 1.53. The van der Waals surface area contributed by atoms with Crippen molar-refractivity contribution in [2.75, 3.05) is 26.3 Å². The molecule has 21 heavy (non-hydrogen) atoms. The van der Waals surface area contributed by atoms with Crippen molar-refractivity contribution in [1.82, 2.24) is 4.90 Å². The summed E-state index contributed by atoms with van der Waals surface area (Å²) in [5, 5.41) is 0. The highest BCUT2D eigenvalue weighted by molar-refractivity contribution is 5.87. The maximum absolute atomic E-state index is 11.3. The fourth-order valence-electron chi connectivity index (χ4n) is 1.53. The van der Waals surface area contributed by atoms with Gasteiger partial charge >= 0.3 is 11.9 Å². The van der Waals surface area contributed by atoms with E-state index >= 15 is 0 Å². The molecule has 120 valence electrons. The van der Waals surface area contributed by atoms with Crippen LogP contribution in [0.5, 0.6) is 0 Å². The number of carbonyl (C=O) groups excluding carboxylic acids is 2. The van der Waals surface area contributed by atoms with Gasteiger partial charge in [0.1, 0.15) is 13.2 Å². The lowest BCUT2D eigenvalue weighted by molar-refractivity contribution is -0.140. The molecule has 0 aliphatic heterocycles. The molecule has 0 heterocycles. The van der Waals surface area contributed by atoms with Crippen molar-refractivity contribution in [3.63, 3.8) is 0 Å². The van der Waals surface area contributed by atoms with Crippen LogP contribution >= 0.6 is 0 Å². The summed E-state index contributed by atoms with van der Waals surface area (Å²) in [4.78, 5) is 24.8. The summed E-state index contributed by atoms with van der Waals surface area (Å²) in [6.45, 7) is 18.1. The zero-order valence-corrected chi connectivity index (χ0v) is 13.8. The summed E-state index contributed by atoms with van der Waals surface area (Å²) in [7, 11) is 0. The molecule has 0 atom stereocenters. The molecule has 0 radical (unpaired) electrons. The van der Waals surface area contributed by atoms with Crippen molar-refractivity contribution in [3.8, 4) is 0 Å². The molecule has 0 aromatic carbocycles. The maximum Gasteiger partial charge on any atom is 0.333 e. The molecular weight excluding hydrogens is 270 g/mol. The van der Waals surface area contributed by atoms with Gasteiger partial charge in [0.05, 0.1) is 0 Å². The van der Waals surface area contributed by atoms with Crippen LogP contribution in [0.4, 0.5) is 0 Å². The second-order valence-corrected chi connectivity index (χ2v) is 5.99. The number of hydrogen-bond acceptors (Lipinski definition) is 5. The number of hydrogen-bond donors (Lipinski definition) is 0. The van der Waals surface area contributed by atoms with Gasteiger partial charge in [-0.05, 0) is 34.6 Å². The zero-order chi connectivity index (χ0) is 16.6. The second kappa shape index (κ2) is 8.62. The Kier molecular flexibility index (Phi) is 7.95. The minimum Gasteiger partial charge on any atom is -0.461 e. The van der Waals surface area contributed by atoms with Crippen LogP contribution in [-0.4, -0.2) is 48.7 Å². The van der Waals surface area contributed by atoms with Gasteiger partial charge < -0.3 is 9.47 Å². The SMILES string of the molecule is C=C(C)C(=O)OCCN(CCOC(=O)C(=C)C)C(C)(C)C. The topological polar surface area (TPSA) is 55.8 Å². The fraction of sp³-hybridized carbons (Fsp3) is 0.625. The van der Waals surface area contributed by atoms with Crippen LogP contribution in [0.2, 0.25) is 0 Å². The molecule has 0 saturated carbocycles. The maximum atomic E-state index is 11.3. The highest BCUT2D eigenvalue weighted by Gasteiger charge is 2.21. The van der Waals surface area contributed by atoms with Gasteiger partial charge in [0.15, 0.2) is 0 Å². The molecule has 0 bridgehead atoms. The third-order valence-electron chi connectivity index (χ3n) is 2.83. The molecule has 0 fully saturated rings. The molecule has 0 N–H and O–H groups in total. The van der Waals surface area contributed by atoms with Crippen LogP contribution in [-0.2, 0) is 19.1 Å². The first kappa shape index (κ1) is 19.4. The van der Waals surface area contributed by atoms with Crippen LogP contribution in [0.1, 0.15) is 34.6 Å². The number of nitrogens with zero attached hydrogens (tertiary/aromatic N) is 1. The monoisotopic (exact) mass is 297 g/mol. The summed E-state index contributed by atoms with van der Waals surface area (Å²) >= 11 is 0. The highest BCUT2D eigenvalue weighted by atomic mass is 16.5. The van der Waals surface area contributed by atoms with Gasteiger partial charge in [0.2, 0.25) is 0 Å². The zero-order valence-electron chi connectivity index (χ0n) is 13.8. The van der Waals surface area contributed by atoms with E-state index in [1.807, 2.05) is 20.8 Å². The number of esters is 2. The smallest absolute Gasteiger partial charge is 0.333 e. The number of ether oxygens (including phenoxy) is 2. The van der Waals surface area contributed by atoms with E-state index in [1.54, 1.807) is 13.8 Å². The van der Waals surface area contributed by atoms with Gasteiger partial charge in [-0.15, -0.1) is 0 Å². The first-order chi connectivity index (χ1) is 9.55. The van der Waals surface area contributed by atoms with Gasteiger partial charge in [-0.25, -0.2) is 9.59 Å². The summed E-state index contributed by atoms with van der Waals surface area (Å²) in [6.07, 6.45) is 0. The molecule has 0 aliphatic carbocycles. The van der Waals surface area contributed by atoms with E-state index < -0.39 is 11.9 Å². The van der Waals surface area contributed by atoms with Crippen LogP contribution in [0.25, 0.3) is 0 Å². The average molecular weight is 297 g/mol. The normalized spacial score (nSPS) is 11.1. The molecule has 0 saturated heterocycles. The Morgan fingerprint density at radius 2 is 1.24 bits per heavy atom. The molecule has 0 spiro atoms. The van der Waals surface area contributed by atoms with Crippen molar-refractivity contribution in [2.24, 2.45) is 0 Å². The molecule has 5 heteroatoms. The van der Waals surface area contributed by atoms with Crippen LogP contribution in [0.15, 0.2) is 24.3 Å². The second-order valence-electron chi connectivity index (χ2n) is 5.99. The van der Waals surface area contributed by atoms with Crippen LogP contribution in [0, 0.1) is 0 Å². The summed E-state index contributed by atoms with van der Waals surface area (Å²) in [5.41, 5.74) is 0.644. The van der Waals surface area contributed by atoms with Crippen molar-refractivity contribution in [2.45, 2.75) is 40.2 Å². The predicted molar refractivity (Wildman–Crippen MR) is 82.9 cm³/mol. The van der Waals surface area contributed by atoms with E-state index in [0.717, 1.165) is 0 Å². The standard InChI is InChI=1S/C16H27NO4/c1-12(2)14(18)20-10-8-17(16(5,6)7)9-11-21-15(19)13(3)4/h1,3,8-11H2,2,4-7H3. The Bertz CT molecular complexity index is 375. The molecule has 0 unspecified atom stereocenters. The Morgan fingerprint density at radius 1 is 0.905 bits per heavy atom. The largest absolute Gasteiger partial charge is 0.461 e. The summed E-state index contributed by atoms with van der Waals surface area (Å²) in [6, 6.07) is 0. The molecule has 0 rings (SSSR count). The van der Waals surface area contributed by atoms with E-state index in [2.05, 4.69) is 18.1 Å². The van der Waals surface area contributed by atoms with E-state index in [-0.39, 0.29) is 18.8 Å². The minimum atomic E-state index is -0.391. The molecule has 0 aromatic rings. The lowest BCUT2D eigenvalue weighted by atomic mass is 10.1. The summed E-state index contributed by atoms with van der Waals surface area (Å²) in [5.74, 6) is -0.782. The Hall–Kier alpha value is -1.62. The van der Waals surface area contributed by atoms with Gasteiger partial charge in [-0.2, -0.15) is 0 Å². The Labute approximate surface area is 127 Å². The molecule has 0 aromatic heterocycles. The van der Waals surface area contributed by atoms with Crippen LogP contribution < -0.4 is 0 Å². The van der Waals surface area contributed by atoms with Crippen LogP contribution in [0.3, 0.4) is 0 Å². The number of carbonyl (C=O) groups is 2. The van der Waals surface area contributed by atoms with Gasteiger partial charge in [-0.1, -0.05) is 13.2 Å². The first-order valence-electron chi connectivity index (χ1n) is 6.96. The van der Waals surface area contributed by atoms with Crippen molar-refractivity contribution < 1.29 is 19.1 Å². The molecule has 0 amide bonds. The van der Waals surface area contributed by atoms with E-state index in [0.29, 0.717) is 24.2 Å². The van der Waals surface area contributed by atoms with Crippen molar-refractivity contribution in [3.05, 3.63) is 24.3 Å². The lowest BCUT2D eigenvalue weighted by Gasteiger charge is -2.35. The Balaban J connectivity index is 4.29. The van der Waals surface area contributed by atoms with Crippen molar-refractivity contribution >= 4 is 11.9 Å². The van der Waals surface area contributed by atoms with E-state index in [9.17, 15) is 9.59 Å². The molecule has 0 aliphatic rings. The van der Waals surface area contributed by atoms with E-state index in [4.69, 9.17) is 9.47 Å². The average Bonchev–Trinajstić information content (AvgIpc) is 2.34. The van der Waals surface area contributed by atoms with Gasteiger partial charge in [0.25, 0.3) is 0 Å². The molecular formula is C16H27NO4. The quantitative estimate of drug-likeness (QED) is 0.508. The number of rotatable bonds is 8. The minimum absolute atomic E-state index is 0.120. The third-order valence-corrected chi connectivity index (χ3v) is 2.83. The first-order valence-corrected chi connectivity index (χ1v) is 6.96. The van der Waals surface area contributed by atoms with Crippen molar-refractivity contribution in [1.29, 1.82) is 0 Å². The predicted octanol–water partition coefficient (Wildman–Crippen LogP) is 2.33.